The standard InChI is InChI=1S/C14H24N2O4S.ClH/c1-10(2)5-11(9-15)16-21(17,18)14-7-12(19-3)6-13(8-14)20-4;/h6-8,10-11,16H,5,9,15H2,1-4H3;1H. The molecule has 0 amide bonds. The van der Waals surface area contributed by atoms with Gasteiger partial charge in [-0.15, -0.1) is 12.4 Å². The lowest BCUT2D eigenvalue weighted by molar-refractivity contribution is 0.391. The maximum Gasteiger partial charge on any atom is 0.241 e. The van der Waals surface area contributed by atoms with Crippen LogP contribution in [0.2, 0.25) is 0 Å². The monoisotopic (exact) mass is 352 g/mol. The minimum atomic E-state index is -3.67. The molecule has 6 nitrogen and oxygen atoms in total. The highest BCUT2D eigenvalue weighted by atomic mass is 35.5. The highest BCUT2D eigenvalue weighted by Crippen LogP contribution is 2.25. The number of sulfonamides is 1. The van der Waals surface area contributed by atoms with Crippen LogP contribution in [0.4, 0.5) is 0 Å². The first-order valence-corrected chi connectivity index (χ1v) is 8.26. The van der Waals surface area contributed by atoms with E-state index in [0.29, 0.717) is 23.8 Å². The topological polar surface area (TPSA) is 90.6 Å². The third-order valence-electron chi connectivity index (χ3n) is 3.00. The molecule has 1 atom stereocenters. The molecule has 0 bridgehead atoms. The molecule has 0 fully saturated rings. The number of hydrogen-bond acceptors (Lipinski definition) is 5. The molecule has 3 N–H and O–H groups in total. The van der Waals surface area contributed by atoms with E-state index in [9.17, 15) is 8.42 Å². The van der Waals surface area contributed by atoms with Gasteiger partial charge in [-0.1, -0.05) is 13.8 Å². The molecule has 0 saturated carbocycles. The Balaban J connectivity index is 0.00000441. The summed E-state index contributed by atoms with van der Waals surface area (Å²) in [4.78, 5) is 0.0981. The number of benzene rings is 1. The normalized spacial score (nSPS) is 12.6. The summed E-state index contributed by atoms with van der Waals surface area (Å²) in [5, 5.41) is 0. The van der Waals surface area contributed by atoms with Gasteiger partial charge in [0.1, 0.15) is 11.5 Å². The second kappa shape index (κ2) is 9.19. The third-order valence-corrected chi connectivity index (χ3v) is 4.50. The van der Waals surface area contributed by atoms with Gasteiger partial charge in [0, 0.05) is 30.8 Å². The SMILES string of the molecule is COc1cc(OC)cc(S(=O)(=O)NC(CN)CC(C)C)c1.Cl. The van der Waals surface area contributed by atoms with Crippen molar-refractivity contribution in [3.63, 3.8) is 0 Å². The van der Waals surface area contributed by atoms with E-state index in [0.717, 1.165) is 0 Å². The molecule has 8 heteroatoms. The van der Waals surface area contributed by atoms with E-state index in [1.165, 1.54) is 26.4 Å². The van der Waals surface area contributed by atoms with E-state index in [1.54, 1.807) is 6.07 Å². The number of ether oxygens (including phenoxy) is 2. The first-order valence-electron chi connectivity index (χ1n) is 6.77. The maximum absolute atomic E-state index is 12.4. The molecular weight excluding hydrogens is 328 g/mol. The highest BCUT2D eigenvalue weighted by Gasteiger charge is 2.21. The number of rotatable bonds is 8. The molecule has 128 valence electrons. The van der Waals surface area contributed by atoms with E-state index >= 15 is 0 Å². The van der Waals surface area contributed by atoms with Crippen molar-refractivity contribution < 1.29 is 17.9 Å². The number of nitrogens with one attached hydrogen (secondary N) is 1. The summed E-state index contributed by atoms with van der Waals surface area (Å²) in [6, 6.07) is 4.22. The number of methoxy groups -OCH3 is 2. The highest BCUT2D eigenvalue weighted by molar-refractivity contribution is 7.89. The number of nitrogens with two attached hydrogens (primary N) is 1. The molecule has 1 unspecified atom stereocenters. The van der Waals surface area contributed by atoms with Crippen LogP contribution in [0.1, 0.15) is 20.3 Å². The maximum atomic E-state index is 12.4. The van der Waals surface area contributed by atoms with Crippen molar-refractivity contribution in [2.75, 3.05) is 20.8 Å². The molecule has 0 aliphatic carbocycles. The smallest absolute Gasteiger partial charge is 0.241 e. The Hall–Kier alpha value is -1.02. The van der Waals surface area contributed by atoms with Crippen LogP contribution >= 0.6 is 12.4 Å². The zero-order valence-electron chi connectivity index (χ0n) is 13.3. The predicted molar refractivity (Wildman–Crippen MR) is 89.4 cm³/mol. The fourth-order valence-corrected chi connectivity index (χ4v) is 3.30. The molecule has 1 aromatic rings. The Labute approximate surface area is 138 Å². The molecule has 0 heterocycles. The molecular formula is C14H25ClN2O4S. The van der Waals surface area contributed by atoms with Crippen molar-refractivity contribution in [2.24, 2.45) is 11.7 Å². The Morgan fingerprint density at radius 2 is 1.64 bits per heavy atom. The Morgan fingerprint density at radius 3 is 2.00 bits per heavy atom. The van der Waals surface area contributed by atoms with Gasteiger partial charge in [-0.05, 0) is 12.3 Å². The van der Waals surface area contributed by atoms with Gasteiger partial charge in [0.05, 0.1) is 19.1 Å². The van der Waals surface area contributed by atoms with E-state index in [-0.39, 0.29) is 29.9 Å². The quantitative estimate of drug-likeness (QED) is 0.744. The summed E-state index contributed by atoms with van der Waals surface area (Å²) >= 11 is 0. The average molecular weight is 353 g/mol. The van der Waals surface area contributed by atoms with E-state index in [4.69, 9.17) is 15.2 Å². The van der Waals surface area contributed by atoms with Crippen LogP contribution in [-0.4, -0.2) is 35.2 Å². The van der Waals surface area contributed by atoms with Gasteiger partial charge in [0.15, 0.2) is 0 Å². The van der Waals surface area contributed by atoms with Gasteiger partial charge in [-0.3, -0.25) is 0 Å². The largest absolute Gasteiger partial charge is 0.497 e. The summed E-state index contributed by atoms with van der Waals surface area (Å²) in [5.41, 5.74) is 5.64. The van der Waals surface area contributed by atoms with Gasteiger partial charge in [-0.2, -0.15) is 0 Å². The summed E-state index contributed by atoms with van der Waals surface area (Å²) in [6.07, 6.45) is 0.677. The fourth-order valence-electron chi connectivity index (χ4n) is 1.99. The molecule has 0 spiro atoms. The van der Waals surface area contributed by atoms with Crippen molar-refractivity contribution in [1.82, 2.24) is 4.72 Å². The van der Waals surface area contributed by atoms with E-state index in [2.05, 4.69) is 4.72 Å². The van der Waals surface area contributed by atoms with Gasteiger partial charge in [0.2, 0.25) is 10.0 Å². The van der Waals surface area contributed by atoms with Crippen LogP contribution < -0.4 is 19.9 Å². The second-order valence-corrected chi connectivity index (χ2v) is 6.95. The Kier molecular flexibility index (Phi) is 8.77. The van der Waals surface area contributed by atoms with E-state index < -0.39 is 10.0 Å². The van der Waals surface area contributed by atoms with Crippen molar-refractivity contribution in [3.8, 4) is 11.5 Å². The van der Waals surface area contributed by atoms with Gasteiger partial charge < -0.3 is 15.2 Å². The Bertz CT molecular complexity index is 542. The summed E-state index contributed by atoms with van der Waals surface area (Å²) < 4.78 is 37.7. The summed E-state index contributed by atoms with van der Waals surface area (Å²) in [5.74, 6) is 1.19. The minimum Gasteiger partial charge on any atom is -0.497 e. The van der Waals surface area contributed by atoms with Gasteiger partial charge in [-0.25, -0.2) is 13.1 Å². The van der Waals surface area contributed by atoms with Crippen LogP contribution in [-0.2, 0) is 10.0 Å². The minimum absolute atomic E-state index is 0. The lowest BCUT2D eigenvalue weighted by Gasteiger charge is -2.19. The average Bonchev–Trinajstić information content (AvgIpc) is 2.45. The second-order valence-electron chi connectivity index (χ2n) is 5.23. The fraction of sp³-hybridized carbons (Fsp3) is 0.571. The molecule has 1 aromatic carbocycles. The summed E-state index contributed by atoms with van der Waals surface area (Å²) in [6.45, 7) is 4.29. The van der Waals surface area contributed by atoms with Crippen LogP contribution in [0.25, 0.3) is 0 Å². The molecule has 0 aromatic heterocycles. The Morgan fingerprint density at radius 1 is 1.14 bits per heavy atom. The third kappa shape index (κ3) is 6.00. The number of hydrogen-bond donors (Lipinski definition) is 2. The van der Waals surface area contributed by atoms with Crippen LogP contribution in [0.15, 0.2) is 23.1 Å². The van der Waals surface area contributed by atoms with Crippen molar-refractivity contribution in [2.45, 2.75) is 31.2 Å². The van der Waals surface area contributed by atoms with Gasteiger partial charge >= 0.3 is 0 Å². The first kappa shape index (κ1) is 21.0. The molecule has 0 radical (unpaired) electrons. The molecule has 1 rings (SSSR count). The zero-order chi connectivity index (χ0) is 16.0. The van der Waals surface area contributed by atoms with Crippen LogP contribution in [0.5, 0.6) is 11.5 Å². The lowest BCUT2D eigenvalue weighted by atomic mass is 10.1. The first-order chi connectivity index (χ1) is 9.82. The summed E-state index contributed by atoms with van der Waals surface area (Å²) in [7, 11) is -0.728. The van der Waals surface area contributed by atoms with Crippen molar-refractivity contribution >= 4 is 22.4 Å². The van der Waals surface area contributed by atoms with Crippen molar-refractivity contribution in [3.05, 3.63) is 18.2 Å². The van der Waals surface area contributed by atoms with Crippen LogP contribution in [0.3, 0.4) is 0 Å². The predicted octanol–water partition coefficient (Wildman–Crippen LogP) is 1.78. The molecule has 22 heavy (non-hydrogen) atoms. The van der Waals surface area contributed by atoms with E-state index in [1.807, 2.05) is 13.8 Å². The lowest BCUT2D eigenvalue weighted by Crippen LogP contribution is -2.40. The molecule has 0 saturated heterocycles. The van der Waals surface area contributed by atoms with Crippen LogP contribution in [0, 0.1) is 5.92 Å². The van der Waals surface area contributed by atoms with Gasteiger partial charge in [0.25, 0.3) is 0 Å². The molecule has 0 aliphatic heterocycles. The van der Waals surface area contributed by atoms with Crippen molar-refractivity contribution in [1.29, 1.82) is 0 Å². The zero-order valence-corrected chi connectivity index (χ0v) is 15.0. The number of halogens is 1. The molecule has 0 aliphatic rings.